The van der Waals surface area contributed by atoms with E-state index in [-0.39, 0.29) is 0 Å². The number of hydrogen-bond acceptors (Lipinski definition) is 3. The van der Waals surface area contributed by atoms with Gasteiger partial charge < -0.3 is 5.32 Å². The Balaban J connectivity index is 2.03. The number of anilines is 1. The highest BCUT2D eigenvalue weighted by Crippen LogP contribution is 2.29. The summed E-state index contributed by atoms with van der Waals surface area (Å²) in [6.07, 6.45) is 10.3. The quantitative estimate of drug-likeness (QED) is 0.792. The second-order valence-electron chi connectivity index (χ2n) is 4.84. The van der Waals surface area contributed by atoms with Crippen molar-refractivity contribution in [3.8, 4) is 0 Å². The Morgan fingerprint density at radius 1 is 1.39 bits per heavy atom. The van der Waals surface area contributed by atoms with E-state index in [1.54, 1.807) is 12.3 Å². The highest BCUT2D eigenvalue weighted by atomic mass is 15.0. The molecule has 2 rings (SSSR count). The van der Waals surface area contributed by atoms with E-state index in [4.69, 9.17) is 0 Å². The molecule has 1 aliphatic carbocycles. The molecule has 1 aromatic rings. The highest BCUT2D eigenvalue weighted by Gasteiger charge is 2.14. The zero-order valence-electron chi connectivity index (χ0n) is 10.9. The number of nitrogens with zero attached hydrogens (tertiary/aromatic N) is 2. The van der Waals surface area contributed by atoms with Crippen LogP contribution in [0.15, 0.2) is 23.8 Å². The van der Waals surface area contributed by atoms with Gasteiger partial charge in [0.1, 0.15) is 5.69 Å². The van der Waals surface area contributed by atoms with Crippen LogP contribution in [0.2, 0.25) is 0 Å². The Morgan fingerprint density at radius 3 is 2.83 bits per heavy atom. The zero-order valence-corrected chi connectivity index (χ0v) is 10.9. The lowest BCUT2D eigenvalue weighted by molar-refractivity contribution is 0.373. The predicted molar refractivity (Wildman–Crippen MR) is 78.6 cm³/mol. The first-order valence-electron chi connectivity index (χ1n) is 6.67. The van der Waals surface area contributed by atoms with Crippen LogP contribution in [-0.4, -0.2) is 18.2 Å². The van der Waals surface area contributed by atoms with Gasteiger partial charge in [0.15, 0.2) is 5.82 Å². The van der Waals surface area contributed by atoms with Gasteiger partial charge in [0.2, 0.25) is 0 Å². The van der Waals surface area contributed by atoms with Gasteiger partial charge in [-0.1, -0.05) is 31.9 Å². The standard InChI is InChI=1S/C15H21N3/c1-3-13-9-10-17-15(14(13)16-2)18-11-12-7-5-4-6-8-12/h3,9-10,12H,1-2,4-8,11H2,(H,17,18). The molecule has 1 heterocycles. The van der Waals surface area contributed by atoms with Crippen LogP contribution < -0.4 is 5.32 Å². The van der Waals surface area contributed by atoms with Gasteiger partial charge in [-0.25, -0.2) is 4.98 Å². The van der Waals surface area contributed by atoms with Gasteiger partial charge in [-0.15, -0.1) is 0 Å². The average molecular weight is 243 g/mol. The van der Waals surface area contributed by atoms with Crippen LogP contribution in [0.25, 0.3) is 6.08 Å². The summed E-state index contributed by atoms with van der Waals surface area (Å²) >= 11 is 0. The van der Waals surface area contributed by atoms with Crippen molar-refractivity contribution in [3.05, 3.63) is 24.4 Å². The highest BCUT2D eigenvalue weighted by molar-refractivity contribution is 5.74. The van der Waals surface area contributed by atoms with Crippen LogP contribution >= 0.6 is 0 Å². The van der Waals surface area contributed by atoms with Crippen molar-refractivity contribution in [1.29, 1.82) is 0 Å². The second-order valence-corrected chi connectivity index (χ2v) is 4.84. The predicted octanol–water partition coefficient (Wildman–Crippen LogP) is 4.05. The molecular weight excluding hydrogens is 222 g/mol. The fourth-order valence-corrected chi connectivity index (χ4v) is 2.56. The van der Waals surface area contributed by atoms with Gasteiger partial charge in [0.05, 0.1) is 0 Å². The number of rotatable bonds is 5. The molecule has 18 heavy (non-hydrogen) atoms. The minimum absolute atomic E-state index is 0.769. The van der Waals surface area contributed by atoms with Gasteiger partial charge in [0.25, 0.3) is 0 Å². The van der Waals surface area contributed by atoms with E-state index >= 15 is 0 Å². The van der Waals surface area contributed by atoms with E-state index in [0.29, 0.717) is 0 Å². The molecule has 0 amide bonds. The molecule has 3 heteroatoms. The summed E-state index contributed by atoms with van der Waals surface area (Å²) in [6.45, 7) is 8.39. The smallest absolute Gasteiger partial charge is 0.152 e. The Morgan fingerprint density at radius 2 is 2.17 bits per heavy atom. The zero-order chi connectivity index (χ0) is 12.8. The largest absolute Gasteiger partial charge is 0.368 e. The molecule has 1 fully saturated rings. The lowest BCUT2D eigenvalue weighted by Gasteiger charge is -2.22. The minimum atomic E-state index is 0.769. The van der Waals surface area contributed by atoms with E-state index in [1.165, 1.54) is 32.1 Å². The van der Waals surface area contributed by atoms with Crippen LogP contribution in [0.3, 0.4) is 0 Å². The number of hydrogen-bond donors (Lipinski definition) is 1. The lowest BCUT2D eigenvalue weighted by Crippen LogP contribution is -2.17. The summed E-state index contributed by atoms with van der Waals surface area (Å²) in [4.78, 5) is 8.41. The molecule has 0 aromatic carbocycles. The normalized spacial score (nSPS) is 16.2. The molecular formula is C15H21N3. The van der Waals surface area contributed by atoms with E-state index in [0.717, 1.165) is 29.5 Å². The monoisotopic (exact) mass is 243 g/mol. The number of nitrogens with one attached hydrogen (secondary N) is 1. The third kappa shape index (κ3) is 2.97. The van der Waals surface area contributed by atoms with Gasteiger partial charge in [0, 0.05) is 18.3 Å². The van der Waals surface area contributed by atoms with Crippen molar-refractivity contribution >= 4 is 24.3 Å². The van der Waals surface area contributed by atoms with Crippen molar-refractivity contribution in [2.75, 3.05) is 11.9 Å². The van der Waals surface area contributed by atoms with Crippen LogP contribution in [0.4, 0.5) is 11.5 Å². The molecule has 1 aromatic heterocycles. The Hall–Kier alpha value is -1.64. The first-order chi connectivity index (χ1) is 8.85. The number of aromatic nitrogens is 1. The average Bonchev–Trinajstić information content (AvgIpc) is 2.45. The minimum Gasteiger partial charge on any atom is -0.368 e. The molecule has 0 atom stereocenters. The van der Waals surface area contributed by atoms with Gasteiger partial charge in [-0.3, -0.25) is 4.99 Å². The lowest BCUT2D eigenvalue weighted by atomic mass is 9.89. The van der Waals surface area contributed by atoms with Crippen molar-refractivity contribution in [2.24, 2.45) is 10.9 Å². The van der Waals surface area contributed by atoms with Gasteiger partial charge in [-0.05, 0) is 31.5 Å². The maximum Gasteiger partial charge on any atom is 0.152 e. The summed E-state index contributed by atoms with van der Waals surface area (Å²) in [5.41, 5.74) is 1.79. The van der Waals surface area contributed by atoms with Crippen LogP contribution in [0.5, 0.6) is 0 Å². The molecule has 0 bridgehead atoms. The molecule has 0 spiro atoms. The van der Waals surface area contributed by atoms with Gasteiger partial charge in [-0.2, -0.15) is 0 Å². The van der Waals surface area contributed by atoms with E-state index in [9.17, 15) is 0 Å². The summed E-state index contributed by atoms with van der Waals surface area (Å²) in [5.74, 6) is 1.60. The second kappa shape index (κ2) is 6.34. The van der Waals surface area contributed by atoms with Crippen LogP contribution in [-0.2, 0) is 0 Å². The maximum absolute atomic E-state index is 4.35. The molecule has 1 N–H and O–H groups in total. The summed E-state index contributed by atoms with van der Waals surface area (Å²) in [7, 11) is 0. The fourth-order valence-electron chi connectivity index (χ4n) is 2.56. The SMILES string of the molecule is C=Cc1ccnc(NCC2CCCCC2)c1N=C. The van der Waals surface area contributed by atoms with Crippen molar-refractivity contribution < 1.29 is 0 Å². The number of aliphatic imine (C=N–C) groups is 1. The first kappa shape index (κ1) is 12.8. The summed E-state index contributed by atoms with van der Waals surface area (Å²) < 4.78 is 0. The molecule has 1 aliphatic rings. The van der Waals surface area contributed by atoms with E-state index in [2.05, 4.69) is 28.6 Å². The van der Waals surface area contributed by atoms with Crippen LogP contribution in [0.1, 0.15) is 37.7 Å². The Labute approximate surface area is 109 Å². The molecule has 0 radical (unpaired) electrons. The Kier molecular flexibility index (Phi) is 4.51. The van der Waals surface area contributed by atoms with E-state index in [1.807, 2.05) is 6.07 Å². The summed E-state index contributed by atoms with van der Waals surface area (Å²) in [5, 5.41) is 3.42. The van der Waals surface area contributed by atoms with Crippen molar-refractivity contribution in [1.82, 2.24) is 4.98 Å². The molecule has 0 aliphatic heterocycles. The van der Waals surface area contributed by atoms with Crippen LogP contribution in [0, 0.1) is 5.92 Å². The summed E-state index contributed by atoms with van der Waals surface area (Å²) in [6, 6.07) is 1.91. The Bertz CT molecular complexity index is 420. The van der Waals surface area contributed by atoms with Crippen molar-refractivity contribution in [2.45, 2.75) is 32.1 Å². The third-order valence-electron chi connectivity index (χ3n) is 3.62. The number of pyridine rings is 1. The molecule has 3 nitrogen and oxygen atoms in total. The third-order valence-corrected chi connectivity index (χ3v) is 3.62. The molecule has 1 saturated carbocycles. The fraction of sp³-hybridized carbons (Fsp3) is 0.467. The first-order valence-corrected chi connectivity index (χ1v) is 6.67. The maximum atomic E-state index is 4.35. The van der Waals surface area contributed by atoms with Crippen molar-refractivity contribution in [3.63, 3.8) is 0 Å². The van der Waals surface area contributed by atoms with E-state index < -0.39 is 0 Å². The molecule has 96 valence electrons. The molecule has 0 unspecified atom stereocenters. The molecule has 0 saturated heterocycles. The van der Waals surface area contributed by atoms with Gasteiger partial charge >= 0.3 is 0 Å². The topological polar surface area (TPSA) is 37.3 Å².